The van der Waals surface area contributed by atoms with Crippen LogP contribution < -0.4 is 0 Å². The van der Waals surface area contributed by atoms with E-state index in [0.717, 1.165) is 35.2 Å². The number of Topliss-reactive ketones (excluding diaryl/α,β-unsaturated/α-hetero) is 1. The van der Waals surface area contributed by atoms with Crippen LogP contribution >= 0.6 is 19.8 Å². The molecule has 174 valence electrons. The molecule has 0 radical (unpaired) electrons. The summed E-state index contributed by atoms with van der Waals surface area (Å²) in [4.78, 5) is 30.2. The van der Waals surface area contributed by atoms with E-state index < -0.39 is 32.5 Å². The van der Waals surface area contributed by atoms with Gasteiger partial charge in [-0.15, -0.1) is 0 Å². The number of H-pyrrole nitrogens is 2. The van der Waals surface area contributed by atoms with Crippen LogP contribution in [0.4, 0.5) is 0 Å². The van der Waals surface area contributed by atoms with Gasteiger partial charge in [-0.25, -0.2) is 0 Å². The molecule has 3 heterocycles. The monoisotopic (exact) mass is 570 g/mol. The predicted octanol–water partition coefficient (Wildman–Crippen LogP) is 3.71. The van der Waals surface area contributed by atoms with Gasteiger partial charge >= 0.3 is 204 Å². The number of aromatic nitrogens is 4. The molecule has 1 aliphatic rings. The fourth-order valence-corrected chi connectivity index (χ4v) is 8.85. The number of carbonyl (C=O) groups excluding carboxylic acids is 1. The SMILES string of the molecule is CI1C(c2ccc(-c3cnc[nH]3)cc2)=C(OCC(O)CO)C(=O)c2cc(-c3cnc[nH]3)ccc21. The van der Waals surface area contributed by atoms with Crippen molar-refractivity contribution in [3.63, 3.8) is 0 Å². The van der Waals surface area contributed by atoms with Gasteiger partial charge in [0.25, 0.3) is 0 Å². The number of benzene rings is 2. The second-order valence-corrected chi connectivity index (χ2v) is 12.7. The number of hydrogen-bond donors (Lipinski definition) is 4. The average molecular weight is 570 g/mol. The Morgan fingerprint density at radius 2 is 1.59 bits per heavy atom. The van der Waals surface area contributed by atoms with Crippen LogP contribution in [0.25, 0.3) is 26.1 Å². The van der Waals surface area contributed by atoms with Gasteiger partial charge in [0.1, 0.15) is 0 Å². The molecule has 0 amide bonds. The first-order valence-corrected chi connectivity index (χ1v) is 14.9. The Morgan fingerprint density at radius 3 is 2.21 bits per heavy atom. The van der Waals surface area contributed by atoms with Crippen LogP contribution in [-0.4, -0.2) is 60.2 Å². The van der Waals surface area contributed by atoms with E-state index in [1.165, 1.54) is 0 Å². The van der Waals surface area contributed by atoms with Gasteiger partial charge in [-0.05, 0) is 0 Å². The molecule has 5 rings (SSSR count). The Labute approximate surface area is 203 Å². The van der Waals surface area contributed by atoms with Crippen molar-refractivity contribution < 1.29 is 19.7 Å². The molecule has 4 N–H and O–H groups in total. The van der Waals surface area contributed by atoms with Gasteiger partial charge in [0.2, 0.25) is 0 Å². The molecule has 0 saturated heterocycles. The van der Waals surface area contributed by atoms with E-state index in [0.29, 0.717) is 5.56 Å². The fraction of sp³-hybridized carbons (Fsp3) is 0.160. The first-order chi connectivity index (χ1) is 16.6. The Morgan fingerprint density at radius 1 is 0.971 bits per heavy atom. The quantitative estimate of drug-likeness (QED) is 0.199. The Bertz CT molecular complexity index is 1330. The van der Waals surface area contributed by atoms with Crippen LogP contribution in [0.5, 0.6) is 0 Å². The average Bonchev–Trinajstić information content (AvgIpc) is 3.60. The summed E-state index contributed by atoms with van der Waals surface area (Å²) in [5, 5.41) is 19.1. The molecule has 1 unspecified atom stereocenters. The van der Waals surface area contributed by atoms with E-state index in [1.807, 2.05) is 42.5 Å². The van der Waals surface area contributed by atoms with Gasteiger partial charge in [-0.3, -0.25) is 0 Å². The van der Waals surface area contributed by atoms with Crippen molar-refractivity contribution in [2.75, 3.05) is 18.1 Å². The molecule has 0 fully saturated rings. The number of fused-ring (bicyclic) bond motifs is 1. The van der Waals surface area contributed by atoms with Crippen LogP contribution in [0, 0.1) is 3.57 Å². The van der Waals surface area contributed by atoms with Crippen molar-refractivity contribution in [1.82, 2.24) is 19.9 Å². The number of ketones is 1. The van der Waals surface area contributed by atoms with Crippen molar-refractivity contribution in [2.24, 2.45) is 0 Å². The number of ether oxygens (including phenoxy) is 1. The van der Waals surface area contributed by atoms with E-state index in [2.05, 4.69) is 24.9 Å². The number of aromatic amines is 2. The minimum absolute atomic E-state index is 0.160. The fourth-order valence-electron chi connectivity index (χ4n) is 3.85. The molecule has 1 atom stereocenters. The van der Waals surface area contributed by atoms with Crippen LogP contribution in [0.15, 0.2) is 73.3 Å². The number of nitrogens with zero attached hydrogens (tertiary/aromatic N) is 2. The number of hydrogen-bond acceptors (Lipinski definition) is 6. The minimum atomic E-state index is -2.05. The normalized spacial score (nSPS) is 15.4. The maximum atomic E-state index is 13.7. The molecule has 0 bridgehead atoms. The molecule has 2 aromatic carbocycles. The van der Waals surface area contributed by atoms with E-state index in [4.69, 9.17) is 4.74 Å². The number of halogens is 1. The summed E-state index contributed by atoms with van der Waals surface area (Å²) >= 11 is -2.05. The topological polar surface area (TPSA) is 124 Å². The summed E-state index contributed by atoms with van der Waals surface area (Å²) in [7, 11) is 0. The summed E-state index contributed by atoms with van der Waals surface area (Å²) in [6, 6.07) is 13.9. The summed E-state index contributed by atoms with van der Waals surface area (Å²) in [5.74, 6) is 0.0355. The third-order valence-corrected chi connectivity index (χ3v) is 11.0. The second kappa shape index (κ2) is 9.53. The number of imidazole rings is 2. The van der Waals surface area contributed by atoms with Crippen molar-refractivity contribution in [1.29, 1.82) is 0 Å². The summed E-state index contributed by atoms with van der Waals surface area (Å²) in [6.07, 6.45) is 5.64. The molecule has 8 nitrogen and oxygen atoms in total. The molecule has 0 saturated carbocycles. The van der Waals surface area contributed by atoms with Crippen molar-refractivity contribution >= 4 is 29.2 Å². The zero-order chi connectivity index (χ0) is 23.7. The van der Waals surface area contributed by atoms with Gasteiger partial charge in [0.05, 0.1) is 0 Å². The van der Waals surface area contributed by atoms with E-state index >= 15 is 0 Å². The number of nitrogens with one attached hydrogen (secondary N) is 2. The van der Waals surface area contributed by atoms with Gasteiger partial charge < -0.3 is 0 Å². The molecule has 9 heteroatoms. The van der Waals surface area contributed by atoms with E-state index in [1.54, 1.807) is 25.0 Å². The van der Waals surface area contributed by atoms with Crippen LogP contribution in [-0.2, 0) is 4.74 Å². The number of aliphatic hydroxyl groups is 2. The summed E-state index contributed by atoms with van der Waals surface area (Å²) in [6.45, 7) is -0.600. The van der Waals surface area contributed by atoms with Crippen molar-refractivity contribution in [2.45, 2.75) is 6.10 Å². The third kappa shape index (κ3) is 4.17. The van der Waals surface area contributed by atoms with Crippen LogP contribution in [0.2, 0.25) is 0 Å². The number of alkyl halides is 1. The molecular formula is C25H23IN4O4. The van der Waals surface area contributed by atoms with Gasteiger partial charge in [-0.2, -0.15) is 0 Å². The standard InChI is InChI=1S/C25H23IN4O4/c1-26-20-7-6-17(22-10-28-14-30-22)8-19(20)24(33)25(34-12-18(32)11-31)23(26)16-4-2-15(3-5-16)21-9-27-13-29-21/h2-10,13-14,18,31-32H,11-12H2,1H3,(H,27,29)(H,28,30). The second-order valence-electron chi connectivity index (χ2n) is 7.79. The zero-order valence-electron chi connectivity index (χ0n) is 18.3. The summed E-state index contributed by atoms with van der Waals surface area (Å²) in [5.41, 5.74) is 5.13. The Balaban J connectivity index is 1.58. The summed E-state index contributed by atoms with van der Waals surface area (Å²) < 4.78 is 7.85. The van der Waals surface area contributed by atoms with E-state index in [9.17, 15) is 15.0 Å². The molecule has 34 heavy (non-hydrogen) atoms. The third-order valence-electron chi connectivity index (χ3n) is 5.59. The molecule has 4 aromatic rings. The van der Waals surface area contributed by atoms with Crippen LogP contribution in [0.3, 0.4) is 0 Å². The molecule has 0 spiro atoms. The first-order valence-electron chi connectivity index (χ1n) is 10.6. The predicted molar refractivity (Wildman–Crippen MR) is 137 cm³/mol. The molecule has 2 aromatic heterocycles. The van der Waals surface area contributed by atoms with Crippen molar-refractivity contribution in [3.05, 3.63) is 88.0 Å². The van der Waals surface area contributed by atoms with E-state index in [-0.39, 0.29) is 18.1 Å². The zero-order valence-corrected chi connectivity index (χ0v) is 20.5. The van der Waals surface area contributed by atoms with Crippen LogP contribution in [0.1, 0.15) is 15.9 Å². The Kier molecular flexibility index (Phi) is 6.31. The van der Waals surface area contributed by atoms with Crippen molar-refractivity contribution in [3.8, 4) is 22.5 Å². The number of rotatable bonds is 7. The Hall–Kier alpha value is -3.28. The van der Waals surface area contributed by atoms with Gasteiger partial charge in [0, 0.05) is 0 Å². The van der Waals surface area contributed by atoms with Gasteiger partial charge in [0.15, 0.2) is 0 Å². The maximum absolute atomic E-state index is 13.7. The molecular weight excluding hydrogens is 547 g/mol. The molecule has 0 aliphatic carbocycles. The first kappa shape index (κ1) is 22.5. The number of carbonyl (C=O) groups is 1. The number of aliphatic hydroxyl groups excluding tert-OH is 2. The van der Waals surface area contributed by atoms with Gasteiger partial charge in [-0.1, -0.05) is 0 Å². The molecule has 1 aliphatic heterocycles. The number of allylic oxidation sites excluding steroid dienone is 1.